The largest absolute Gasteiger partial charge is 0.397 e. The first kappa shape index (κ1) is 15.4. The van der Waals surface area contributed by atoms with Crippen molar-refractivity contribution in [3.8, 4) is 0 Å². The molecular weight excluding hydrogens is 292 g/mol. The smallest absolute Gasteiger partial charge is 0.324 e. The molecule has 1 aromatic rings. The molecule has 5 nitrogen and oxygen atoms in total. The summed E-state index contributed by atoms with van der Waals surface area (Å²) in [6.45, 7) is 0. The summed E-state index contributed by atoms with van der Waals surface area (Å²) in [7, 11) is -4.30. The van der Waals surface area contributed by atoms with Crippen LogP contribution in [0.25, 0.3) is 0 Å². The molecule has 0 saturated heterocycles. The van der Waals surface area contributed by atoms with Crippen LogP contribution in [0.15, 0.2) is 23.1 Å². The van der Waals surface area contributed by atoms with Gasteiger partial charge in [0.05, 0.1) is 5.69 Å². The second-order valence-corrected chi connectivity index (χ2v) is 5.06. The molecule has 0 atom stereocenters. The van der Waals surface area contributed by atoms with Gasteiger partial charge in [-0.1, -0.05) is 0 Å². The van der Waals surface area contributed by atoms with E-state index in [0.29, 0.717) is 6.07 Å². The van der Waals surface area contributed by atoms with E-state index >= 15 is 0 Å². The number of anilines is 1. The highest BCUT2D eigenvalue weighted by Gasteiger charge is 2.31. The summed E-state index contributed by atoms with van der Waals surface area (Å²) in [6, 6.07) is 2.06. The molecule has 0 unspecified atom stereocenters. The van der Waals surface area contributed by atoms with E-state index in [0.717, 1.165) is 12.1 Å². The average Bonchev–Trinajstić information content (AvgIpc) is 2.11. The summed E-state index contributed by atoms with van der Waals surface area (Å²) in [6.07, 6.45) is -6.59. The molecule has 0 fully saturated rings. The lowest BCUT2D eigenvalue weighted by Gasteiger charge is -2.11. The number of primary sulfonamides is 1. The molecule has 0 bridgehead atoms. The van der Waals surface area contributed by atoms with E-state index in [1.54, 1.807) is 5.32 Å². The first-order valence-corrected chi connectivity index (χ1v) is 6.22. The molecule has 10 heteroatoms. The molecule has 1 amide bonds. The van der Waals surface area contributed by atoms with Gasteiger partial charge in [-0.25, -0.2) is 17.9 Å². The zero-order valence-corrected chi connectivity index (χ0v) is 9.98. The van der Waals surface area contributed by atoms with Crippen LogP contribution in [0.4, 0.5) is 23.2 Å². The van der Waals surface area contributed by atoms with Crippen LogP contribution in [-0.4, -0.2) is 20.5 Å². The van der Waals surface area contributed by atoms with E-state index in [-0.39, 0.29) is 0 Å². The van der Waals surface area contributed by atoms with Crippen molar-refractivity contribution in [3.63, 3.8) is 0 Å². The predicted molar refractivity (Wildman–Crippen MR) is 57.1 cm³/mol. The highest BCUT2D eigenvalue weighted by molar-refractivity contribution is 7.89. The second kappa shape index (κ2) is 5.13. The summed E-state index contributed by atoms with van der Waals surface area (Å²) >= 11 is 0. The summed E-state index contributed by atoms with van der Waals surface area (Å²) < 4.78 is 71.0. The molecule has 0 spiro atoms. The van der Waals surface area contributed by atoms with E-state index in [4.69, 9.17) is 5.14 Å². The number of halogens is 4. The van der Waals surface area contributed by atoms with Crippen molar-refractivity contribution in [1.29, 1.82) is 0 Å². The summed E-state index contributed by atoms with van der Waals surface area (Å²) in [4.78, 5) is 10.4. The molecule has 0 aliphatic carbocycles. The molecule has 106 valence electrons. The molecule has 0 heterocycles. The maximum atomic E-state index is 12.9. The van der Waals surface area contributed by atoms with Crippen molar-refractivity contribution in [3.05, 3.63) is 24.0 Å². The number of nitrogens with two attached hydrogens (primary N) is 1. The number of hydrogen-bond donors (Lipinski definition) is 2. The summed E-state index contributed by atoms with van der Waals surface area (Å²) in [5, 5.41) is 6.44. The number of carbonyl (C=O) groups is 1. The van der Waals surface area contributed by atoms with Gasteiger partial charge in [-0.05, 0) is 18.2 Å². The van der Waals surface area contributed by atoms with Crippen molar-refractivity contribution in [1.82, 2.24) is 0 Å². The van der Waals surface area contributed by atoms with Gasteiger partial charge in [0.2, 0.25) is 15.9 Å². The van der Waals surface area contributed by atoms with Gasteiger partial charge in [-0.15, -0.1) is 0 Å². The number of amides is 1. The Kier molecular flexibility index (Phi) is 4.15. The van der Waals surface area contributed by atoms with Gasteiger partial charge in [0, 0.05) is 0 Å². The van der Waals surface area contributed by atoms with Gasteiger partial charge in [0.25, 0.3) is 0 Å². The minimum absolute atomic E-state index is 0.564. The number of hydrogen-bond acceptors (Lipinski definition) is 3. The van der Waals surface area contributed by atoms with Crippen molar-refractivity contribution in [2.75, 3.05) is 5.32 Å². The fourth-order valence-corrected chi connectivity index (χ4v) is 1.90. The Morgan fingerprint density at radius 3 is 2.37 bits per heavy atom. The highest BCUT2D eigenvalue weighted by Crippen LogP contribution is 2.24. The van der Waals surface area contributed by atoms with Crippen molar-refractivity contribution < 1.29 is 30.8 Å². The lowest BCUT2D eigenvalue weighted by molar-refractivity contribution is -0.150. The van der Waals surface area contributed by atoms with Crippen LogP contribution in [0.2, 0.25) is 0 Å². The third-order valence-electron chi connectivity index (χ3n) is 1.88. The van der Waals surface area contributed by atoms with E-state index in [1.165, 1.54) is 0 Å². The van der Waals surface area contributed by atoms with E-state index in [9.17, 15) is 30.8 Å². The van der Waals surface area contributed by atoms with Crippen molar-refractivity contribution in [2.45, 2.75) is 17.5 Å². The first-order chi connectivity index (χ1) is 8.49. The van der Waals surface area contributed by atoms with Crippen LogP contribution in [0.1, 0.15) is 6.42 Å². The molecule has 0 aromatic heterocycles. The van der Waals surface area contributed by atoms with Crippen LogP contribution in [0.5, 0.6) is 0 Å². The molecule has 0 aliphatic heterocycles. The summed E-state index contributed by atoms with van der Waals surface area (Å²) in [5.74, 6) is -2.46. The van der Waals surface area contributed by atoms with E-state index in [1.807, 2.05) is 0 Å². The maximum absolute atomic E-state index is 12.9. The zero-order valence-electron chi connectivity index (χ0n) is 9.16. The van der Waals surface area contributed by atoms with Crippen LogP contribution in [0.3, 0.4) is 0 Å². The SMILES string of the molecule is NS(=O)(=O)c1ccc(F)cc1NC(=O)CC(F)(F)F. The van der Waals surface area contributed by atoms with Crippen LogP contribution < -0.4 is 10.5 Å². The molecule has 0 radical (unpaired) electrons. The number of rotatable bonds is 3. The Morgan fingerprint density at radius 2 is 1.89 bits per heavy atom. The second-order valence-electron chi connectivity index (χ2n) is 3.53. The molecule has 0 aliphatic rings. The third-order valence-corrected chi connectivity index (χ3v) is 2.85. The first-order valence-electron chi connectivity index (χ1n) is 4.68. The quantitative estimate of drug-likeness (QED) is 0.826. The fourth-order valence-electron chi connectivity index (χ4n) is 1.22. The Balaban J connectivity index is 3.07. The van der Waals surface area contributed by atoms with Gasteiger partial charge in [0.15, 0.2) is 0 Å². The lowest BCUT2D eigenvalue weighted by atomic mass is 10.3. The maximum Gasteiger partial charge on any atom is 0.397 e. The monoisotopic (exact) mass is 300 g/mol. The van der Waals surface area contributed by atoms with Gasteiger partial charge in [0.1, 0.15) is 17.1 Å². The number of sulfonamides is 1. The van der Waals surface area contributed by atoms with E-state index in [2.05, 4.69) is 0 Å². The van der Waals surface area contributed by atoms with Crippen LogP contribution in [-0.2, 0) is 14.8 Å². The topological polar surface area (TPSA) is 89.3 Å². The number of carbonyl (C=O) groups excluding carboxylic acids is 1. The molecule has 1 aromatic carbocycles. The van der Waals surface area contributed by atoms with Crippen molar-refractivity contribution in [2.24, 2.45) is 5.14 Å². The van der Waals surface area contributed by atoms with Gasteiger partial charge in [-0.2, -0.15) is 13.2 Å². The Bertz CT molecular complexity index is 598. The van der Waals surface area contributed by atoms with Crippen LogP contribution in [0, 0.1) is 5.82 Å². The molecular formula is C9H8F4N2O3S. The summed E-state index contributed by atoms with van der Waals surface area (Å²) in [5.41, 5.74) is -0.642. The van der Waals surface area contributed by atoms with Gasteiger partial charge >= 0.3 is 6.18 Å². The van der Waals surface area contributed by atoms with E-state index < -0.39 is 44.9 Å². The molecule has 0 saturated carbocycles. The molecule has 19 heavy (non-hydrogen) atoms. The standard InChI is InChI=1S/C9H8F4N2O3S/c10-5-1-2-7(19(14,17)18)6(3-5)15-8(16)4-9(11,12)13/h1-3H,4H2,(H,15,16)(H2,14,17,18). The number of benzene rings is 1. The lowest BCUT2D eigenvalue weighted by Crippen LogP contribution is -2.23. The van der Waals surface area contributed by atoms with Gasteiger partial charge in [-0.3, -0.25) is 4.79 Å². The molecule has 3 N–H and O–H groups in total. The minimum atomic E-state index is -4.76. The van der Waals surface area contributed by atoms with Gasteiger partial charge < -0.3 is 5.32 Å². The predicted octanol–water partition coefficient (Wildman–Crippen LogP) is 1.36. The highest BCUT2D eigenvalue weighted by atomic mass is 32.2. The average molecular weight is 300 g/mol. The minimum Gasteiger partial charge on any atom is -0.324 e. The molecule has 1 rings (SSSR count). The normalized spacial score (nSPS) is 12.3. The Labute approximate surface area is 105 Å². The Morgan fingerprint density at radius 1 is 1.32 bits per heavy atom. The third kappa shape index (κ3) is 4.83. The van der Waals surface area contributed by atoms with Crippen LogP contribution >= 0.6 is 0 Å². The van der Waals surface area contributed by atoms with Crippen molar-refractivity contribution >= 4 is 21.6 Å². The zero-order chi connectivity index (χ0) is 14.8. The number of nitrogens with one attached hydrogen (secondary N) is 1. The number of alkyl halides is 3. The fraction of sp³-hybridized carbons (Fsp3) is 0.222. The Hall–Kier alpha value is -1.68.